The molecule has 29 heavy (non-hydrogen) atoms. The zero-order chi connectivity index (χ0) is 20.9. The Hall–Kier alpha value is -2.82. The molecule has 0 aliphatic carbocycles. The molecular weight excluding hydrogens is 362 g/mol. The Labute approximate surface area is 174 Å². The predicted octanol–water partition coefficient (Wildman–Crippen LogP) is 3.69. The topological polar surface area (TPSA) is 70.2 Å². The summed E-state index contributed by atoms with van der Waals surface area (Å²) in [7, 11) is 0. The first-order valence-electron chi connectivity index (χ1n) is 10.5. The van der Waals surface area contributed by atoms with Crippen molar-refractivity contribution in [3.8, 4) is 0 Å². The van der Waals surface area contributed by atoms with E-state index in [4.69, 9.17) is 0 Å². The maximum Gasteiger partial charge on any atom is 0.315 e. The van der Waals surface area contributed by atoms with Gasteiger partial charge >= 0.3 is 6.03 Å². The number of carbonyl (C=O) groups is 2. The predicted molar refractivity (Wildman–Crippen MR) is 118 cm³/mol. The fourth-order valence-corrected chi connectivity index (χ4v) is 3.13. The number of nitrogens with one attached hydrogen (secondary N) is 3. The smallest absolute Gasteiger partial charge is 0.315 e. The molecule has 2 rings (SSSR count). The zero-order valence-corrected chi connectivity index (χ0v) is 17.5. The van der Waals surface area contributed by atoms with E-state index in [1.165, 1.54) is 11.1 Å². The molecule has 5 heteroatoms. The number of hydrogen-bond donors (Lipinski definition) is 3. The fourth-order valence-electron chi connectivity index (χ4n) is 3.13. The van der Waals surface area contributed by atoms with Gasteiger partial charge in [-0.3, -0.25) is 4.79 Å². The second-order valence-electron chi connectivity index (χ2n) is 7.59. The van der Waals surface area contributed by atoms with Gasteiger partial charge in [-0.2, -0.15) is 0 Å². The van der Waals surface area contributed by atoms with Crippen LogP contribution in [-0.2, 0) is 17.6 Å². The average Bonchev–Trinajstić information content (AvgIpc) is 2.73. The molecule has 2 aromatic rings. The van der Waals surface area contributed by atoms with Crippen molar-refractivity contribution in [2.75, 3.05) is 13.1 Å². The third-order valence-electron chi connectivity index (χ3n) is 4.79. The molecule has 3 amide bonds. The molecular formula is C24H33N3O2. The fraction of sp³-hybridized carbons (Fsp3) is 0.417. The molecule has 0 radical (unpaired) electrons. The van der Waals surface area contributed by atoms with Gasteiger partial charge in [0.1, 0.15) is 6.04 Å². The summed E-state index contributed by atoms with van der Waals surface area (Å²) >= 11 is 0. The van der Waals surface area contributed by atoms with Gasteiger partial charge in [0.25, 0.3) is 0 Å². The summed E-state index contributed by atoms with van der Waals surface area (Å²) < 4.78 is 0. The SMILES string of the molecule is CC(C)C(NC(=O)NCCCc1ccccc1)C(=O)NCCCc1ccccc1. The van der Waals surface area contributed by atoms with Crippen molar-refractivity contribution in [1.29, 1.82) is 0 Å². The number of aryl methyl sites for hydroxylation is 2. The van der Waals surface area contributed by atoms with Crippen LogP contribution in [0.5, 0.6) is 0 Å². The van der Waals surface area contributed by atoms with Gasteiger partial charge in [0, 0.05) is 13.1 Å². The van der Waals surface area contributed by atoms with Crippen LogP contribution < -0.4 is 16.0 Å². The van der Waals surface area contributed by atoms with Crippen molar-refractivity contribution in [2.24, 2.45) is 5.92 Å². The first kappa shape index (κ1) is 22.5. The molecule has 2 aromatic carbocycles. The van der Waals surface area contributed by atoms with Crippen LogP contribution in [0.25, 0.3) is 0 Å². The van der Waals surface area contributed by atoms with Gasteiger partial charge in [-0.05, 0) is 42.7 Å². The maximum absolute atomic E-state index is 12.5. The number of benzene rings is 2. The molecule has 0 aromatic heterocycles. The van der Waals surface area contributed by atoms with E-state index in [0.29, 0.717) is 13.1 Å². The van der Waals surface area contributed by atoms with Gasteiger partial charge in [-0.15, -0.1) is 0 Å². The summed E-state index contributed by atoms with van der Waals surface area (Å²) in [4.78, 5) is 24.7. The normalized spacial score (nSPS) is 11.7. The van der Waals surface area contributed by atoms with Gasteiger partial charge in [0.15, 0.2) is 0 Å². The van der Waals surface area contributed by atoms with Crippen molar-refractivity contribution in [3.63, 3.8) is 0 Å². The van der Waals surface area contributed by atoms with Crippen LogP contribution in [0.4, 0.5) is 4.79 Å². The Kier molecular flexibility index (Phi) is 9.76. The molecule has 0 spiro atoms. The lowest BCUT2D eigenvalue weighted by Crippen LogP contribution is -2.52. The van der Waals surface area contributed by atoms with Crippen LogP contribution >= 0.6 is 0 Å². The molecule has 0 saturated heterocycles. The Morgan fingerprint density at radius 2 is 1.24 bits per heavy atom. The van der Waals surface area contributed by atoms with Gasteiger partial charge in [0.05, 0.1) is 0 Å². The first-order chi connectivity index (χ1) is 14.1. The monoisotopic (exact) mass is 395 g/mol. The largest absolute Gasteiger partial charge is 0.354 e. The van der Waals surface area contributed by atoms with E-state index in [0.717, 1.165) is 25.7 Å². The van der Waals surface area contributed by atoms with E-state index in [9.17, 15) is 9.59 Å². The summed E-state index contributed by atoms with van der Waals surface area (Å²) in [6.45, 7) is 5.04. The van der Waals surface area contributed by atoms with Crippen LogP contribution in [0.2, 0.25) is 0 Å². The lowest BCUT2D eigenvalue weighted by Gasteiger charge is -2.22. The maximum atomic E-state index is 12.5. The van der Waals surface area contributed by atoms with Crippen LogP contribution in [0.15, 0.2) is 60.7 Å². The van der Waals surface area contributed by atoms with Crippen LogP contribution in [0, 0.1) is 5.92 Å². The van der Waals surface area contributed by atoms with E-state index >= 15 is 0 Å². The van der Waals surface area contributed by atoms with Gasteiger partial charge in [-0.1, -0.05) is 74.5 Å². The van der Waals surface area contributed by atoms with Crippen LogP contribution in [0.3, 0.4) is 0 Å². The lowest BCUT2D eigenvalue weighted by atomic mass is 10.0. The second kappa shape index (κ2) is 12.6. The summed E-state index contributed by atoms with van der Waals surface area (Å²) in [6, 6.07) is 19.6. The minimum atomic E-state index is -0.541. The summed E-state index contributed by atoms with van der Waals surface area (Å²) in [5, 5.41) is 8.61. The highest BCUT2D eigenvalue weighted by Gasteiger charge is 2.23. The molecule has 1 unspecified atom stereocenters. The highest BCUT2D eigenvalue weighted by Crippen LogP contribution is 2.04. The van der Waals surface area contributed by atoms with Gasteiger partial charge in [0.2, 0.25) is 5.91 Å². The third kappa shape index (κ3) is 8.81. The quantitative estimate of drug-likeness (QED) is 0.508. The molecule has 0 heterocycles. The van der Waals surface area contributed by atoms with Crippen molar-refractivity contribution in [2.45, 2.75) is 45.6 Å². The Morgan fingerprint density at radius 3 is 1.72 bits per heavy atom. The number of carbonyl (C=O) groups excluding carboxylic acids is 2. The van der Waals surface area contributed by atoms with E-state index < -0.39 is 6.04 Å². The Morgan fingerprint density at radius 1 is 0.759 bits per heavy atom. The Balaban J connectivity index is 1.66. The summed E-state index contributed by atoms with van der Waals surface area (Å²) in [5.41, 5.74) is 2.51. The van der Waals surface area contributed by atoms with Crippen molar-refractivity contribution < 1.29 is 9.59 Å². The molecule has 0 bridgehead atoms. The molecule has 0 fully saturated rings. The highest BCUT2D eigenvalue weighted by molar-refractivity contribution is 5.87. The number of amides is 3. The zero-order valence-electron chi connectivity index (χ0n) is 17.5. The minimum Gasteiger partial charge on any atom is -0.354 e. The molecule has 5 nitrogen and oxygen atoms in total. The number of hydrogen-bond acceptors (Lipinski definition) is 2. The number of rotatable bonds is 11. The van der Waals surface area contributed by atoms with Crippen molar-refractivity contribution in [3.05, 3.63) is 71.8 Å². The lowest BCUT2D eigenvalue weighted by molar-refractivity contribution is -0.123. The van der Waals surface area contributed by atoms with E-state index in [1.54, 1.807) is 0 Å². The number of urea groups is 1. The first-order valence-corrected chi connectivity index (χ1v) is 10.5. The van der Waals surface area contributed by atoms with Crippen molar-refractivity contribution in [1.82, 2.24) is 16.0 Å². The van der Waals surface area contributed by atoms with E-state index in [-0.39, 0.29) is 17.9 Å². The molecule has 0 aliphatic heterocycles. The van der Waals surface area contributed by atoms with Gasteiger partial charge < -0.3 is 16.0 Å². The summed E-state index contributed by atoms with van der Waals surface area (Å²) in [6.07, 6.45) is 3.56. The summed E-state index contributed by atoms with van der Waals surface area (Å²) in [5.74, 6) is -0.119. The standard InChI is InChI=1S/C24H33N3O2/c1-19(2)22(23(28)25-17-9-15-20-11-5-3-6-12-20)27-24(29)26-18-10-16-21-13-7-4-8-14-21/h3-8,11-14,19,22H,9-10,15-18H2,1-2H3,(H,25,28)(H2,26,27,29). The molecule has 0 saturated carbocycles. The highest BCUT2D eigenvalue weighted by atomic mass is 16.2. The minimum absolute atomic E-state index is 0.0131. The second-order valence-corrected chi connectivity index (χ2v) is 7.59. The van der Waals surface area contributed by atoms with Crippen LogP contribution in [-0.4, -0.2) is 31.1 Å². The molecule has 1 atom stereocenters. The Bertz CT molecular complexity index is 732. The van der Waals surface area contributed by atoms with E-state index in [1.807, 2.05) is 50.2 Å². The molecule has 156 valence electrons. The van der Waals surface area contributed by atoms with Crippen molar-refractivity contribution >= 4 is 11.9 Å². The van der Waals surface area contributed by atoms with Gasteiger partial charge in [-0.25, -0.2) is 4.79 Å². The third-order valence-corrected chi connectivity index (χ3v) is 4.79. The van der Waals surface area contributed by atoms with E-state index in [2.05, 4.69) is 40.2 Å². The average molecular weight is 396 g/mol. The van der Waals surface area contributed by atoms with Crippen LogP contribution in [0.1, 0.15) is 37.8 Å². The molecule has 3 N–H and O–H groups in total. The molecule has 0 aliphatic rings.